The van der Waals surface area contributed by atoms with Crippen LogP contribution in [0.3, 0.4) is 0 Å². The van der Waals surface area contributed by atoms with Crippen LogP contribution in [0.5, 0.6) is 0 Å². The van der Waals surface area contributed by atoms with E-state index in [0.717, 1.165) is 19.4 Å². The van der Waals surface area contributed by atoms with E-state index in [-0.39, 0.29) is 0 Å². The first-order valence-electron chi connectivity index (χ1n) is 6.20. The number of nitrogens with one attached hydrogen (secondary N) is 2. The van der Waals surface area contributed by atoms with E-state index < -0.39 is 0 Å². The average molecular weight is 224 g/mol. The van der Waals surface area contributed by atoms with Crippen LogP contribution in [0.15, 0.2) is 23.0 Å². The fourth-order valence-corrected chi connectivity index (χ4v) is 1.74. The second-order valence-corrected chi connectivity index (χ2v) is 4.33. The first-order valence-corrected chi connectivity index (χ1v) is 6.20. The molecule has 3 heteroatoms. The van der Waals surface area contributed by atoms with Crippen molar-refractivity contribution in [3.63, 3.8) is 0 Å². The van der Waals surface area contributed by atoms with Gasteiger partial charge in [0, 0.05) is 17.6 Å². The SMILES string of the molecule is CCCNC(CCC(C)NC)c1ccoc1. The van der Waals surface area contributed by atoms with E-state index in [0.29, 0.717) is 12.1 Å². The summed E-state index contributed by atoms with van der Waals surface area (Å²) in [7, 11) is 2.01. The lowest BCUT2D eigenvalue weighted by Gasteiger charge is -2.19. The predicted molar refractivity (Wildman–Crippen MR) is 67.5 cm³/mol. The van der Waals surface area contributed by atoms with Crippen molar-refractivity contribution in [2.75, 3.05) is 13.6 Å². The molecule has 0 aromatic carbocycles. The summed E-state index contributed by atoms with van der Waals surface area (Å²) in [4.78, 5) is 0. The van der Waals surface area contributed by atoms with E-state index in [2.05, 4.69) is 30.5 Å². The highest BCUT2D eigenvalue weighted by atomic mass is 16.3. The monoisotopic (exact) mass is 224 g/mol. The Bertz CT molecular complexity index is 259. The Morgan fingerprint density at radius 2 is 2.19 bits per heavy atom. The Kier molecular flexibility index (Phi) is 6.19. The van der Waals surface area contributed by atoms with Gasteiger partial charge in [-0.15, -0.1) is 0 Å². The highest BCUT2D eigenvalue weighted by Crippen LogP contribution is 2.19. The van der Waals surface area contributed by atoms with Crippen LogP contribution in [0.1, 0.15) is 44.7 Å². The summed E-state index contributed by atoms with van der Waals surface area (Å²) in [6, 6.07) is 3.05. The number of furan rings is 1. The fourth-order valence-electron chi connectivity index (χ4n) is 1.74. The Hall–Kier alpha value is -0.800. The zero-order valence-electron chi connectivity index (χ0n) is 10.6. The summed E-state index contributed by atoms with van der Waals surface area (Å²) in [5, 5.41) is 6.83. The molecule has 0 saturated carbocycles. The van der Waals surface area contributed by atoms with Crippen LogP contribution in [0.4, 0.5) is 0 Å². The van der Waals surface area contributed by atoms with Crippen LogP contribution < -0.4 is 10.6 Å². The summed E-state index contributed by atoms with van der Waals surface area (Å²) < 4.78 is 5.15. The van der Waals surface area contributed by atoms with Gasteiger partial charge in [0.15, 0.2) is 0 Å². The standard InChI is InChI=1S/C13H24N2O/c1-4-8-15-13(6-5-11(2)14-3)12-7-9-16-10-12/h7,9-11,13-15H,4-6,8H2,1-3H3. The third kappa shape index (κ3) is 4.37. The van der Waals surface area contributed by atoms with Crippen LogP contribution in [0.2, 0.25) is 0 Å². The molecule has 92 valence electrons. The second kappa shape index (κ2) is 7.47. The van der Waals surface area contributed by atoms with Gasteiger partial charge in [0.2, 0.25) is 0 Å². The molecular weight excluding hydrogens is 200 g/mol. The molecule has 1 rings (SSSR count). The summed E-state index contributed by atoms with van der Waals surface area (Å²) in [6.07, 6.45) is 7.06. The topological polar surface area (TPSA) is 37.2 Å². The maximum absolute atomic E-state index is 5.15. The Labute approximate surface area is 98.6 Å². The average Bonchev–Trinajstić information content (AvgIpc) is 2.82. The first kappa shape index (κ1) is 13.3. The lowest BCUT2D eigenvalue weighted by molar-refractivity contribution is 0.438. The van der Waals surface area contributed by atoms with E-state index in [1.807, 2.05) is 13.3 Å². The second-order valence-electron chi connectivity index (χ2n) is 4.33. The van der Waals surface area contributed by atoms with E-state index in [1.165, 1.54) is 12.0 Å². The molecule has 0 radical (unpaired) electrons. The van der Waals surface area contributed by atoms with Crippen LogP contribution in [-0.4, -0.2) is 19.6 Å². The number of hydrogen-bond donors (Lipinski definition) is 2. The van der Waals surface area contributed by atoms with Crippen molar-refractivity contribution < 1.29 is 4.42 Å². The number of rotatable bonds is 8. The van der Waals surface area contributed by atoms with Gasteiger partial charge in [-0.25, -0.2) is 0 Å². The van der Waals surface area contributed by atoms with E-state index in [1.54, 1.807) is 6.26 Å². The lowest BCUT2D eigenvalue weighted by atomic mass is 10.0. The van der Waals surface area contributed by atoms with Crippen LogP contribution in [-0.2, 0) is 0 Å². The lowest BCUT2D eigenvalue weighted by Crippen LogP contribution is -2.26. The van der Waals surface area contributed by atoms with Crippen molar-refractivity contribution in [1.29, 1.82) is 0 Å². The van der Waals surface area contributed by atoms with Gasteiger partial charge < -0.3 is 15.1 Å². The molecule has 0 fully saturated rings. The van der Waals surface area contributed by atoms with Gasteiger partial charge in [-0.1, -0.05) is 6.92 Å². The van der Waals surface area contributed by atoms with Crippen molar-refractivity contribution in [2.45, 2.75) is 45.2 Å². The Balaban J connectivity index is 2.44. The van der Waals surface area contributed by atoms with Gasteiger partial charge in [0.25, 0.3) is 0 Å². The molecule has 0 amide bonds. The third-order valence-electron chi connectivity index (χ3n) is 2.97. The summed E-state index contributed by atoms with van der Waals surface area (Å²) in [6.45, 7) is 5.46. The minimum Gasteiger partial charge on any atom is -0.472 e. The summed E-state index contributed by atoms with van der Waals surface area (Å²) >= 11 is 0. The van der Waals surface area contributed by atoms with Gasteiger partial charge in [-0.05, 0) is 45.8 Å². The molecule has 0 aliphatic heterocycles. The van der Waals surface area contributed by atoms with Crippen molar-refractivity contribution in [1.82, 2.24) is 10.6 Å². The van der Waals surface area contributed by atoms with Gasteiger partial charge in [0.05, 0.1) is 12.5 Å². The van der Waals surface area contributed by atoms with Crippen LogP contribution in [0.25, 0.3) is 0 Å². The molecule has 2 atom stereocenters. The third-order valence-corrected chi connectivity index (χ3v) is 2.97. The zero-order chi connectivity index (χ0) is 11.8. The van der Waals surface area contributed by atoms with Gasteiger partial charge in [-0.2, -0.15) is 0 Å². The van der Waals surface area contributed by atoms with E-state index in [9.17, 15) is 0 Å². The molecule has 16 heavy (non-hydrogen) atoms. The summed E-state index contributed by atoms with van der Waals surface area (Å²) in [5.41, 5.74) is 1.26. The first-order chi connectivity index (χ1) is 7.77. The Morgan fingerprint density at radius 3 is 2.75 bits per heavy atom. The Morgan fingerprint density at radius 1 is 1.38 bits per heavy atom. The van der Waals surface area contributed by atoms with Crippen LogP contribution >= 0.6 is 0 Å². The normalized spacial score (nSPS) is 14.9. The van der Waals surface area contributed by atoms with Gasteiger partial charge >= 0.3 is 0 Å². The van der Waals surface area contributed by atoms with Crippen molar-refractivity contribution in [3.05, 3.63) is 24.2 Å². The zero-order valence-corrected chi connectivity index (χ0v) is 10.6. The van der Waals surface area contributed by atoms with Gasteiger partial charge in [-0.3, -0.25) is 0 Å². The molecule has 0 aliphatic rings. The molecule has 1 aromatic heterocycles. The number of hydrogen-bond acceptors (Lipinski definition) is 3. The summed E-state index contributed by atoms with van der Waals surface area (Å²) in [5.74, 6) is 0. The largest absolute Gasteiger partial charge is 0.472 e. The molecule has 0 saturated heterocycles. The molecule has 2 N–H and O–H groups in total. The molecule has 1 heterocycles. The van der Waals surface area contributed by atoms with Crippen LogP contribution in [0, 0.1) is 0 Å². The van der Waals surface area contributed by atoms with E-state index >= 15 is 0 Å². The van der Waals surface area contributed by atoms with Crippen molar-refractivity contribution in [3.8, 4) is 0 Å². The highest BCUT2D eigenvalue weighted by molar-refractivity contribution is 5.11. The molecule has 3 nitrogen and oxygen atoms in total. The fraction of sp³-hybridized carbons (Fsp3) is 0.692. The minimum absolute atomic E-state index is 0.425. The highest BCUT2D eigenvalue weighted by Gasteiger charge is 2.12. The van der Waals surface area contributed by atoms with Gasteiger partial charge in [0.1, 0.15) is 0 Å². The minimum atomic E-state index is 0.425. The van der Waals surface area contributed by atoms with Crippen molar-refractivity contribution in [2.24, 2.45) is 0 Å². The molecule has 2 unspecified atom stereocenters. The smallest absolute Gasteiger partial charge is 0.0950 e. The maximum atomic E-state index is 5.15. The molecule has 0 bridgehead atoms. The molecule has 0 aliphatic carbocycles. The van der Waals surface area contributed by atoms with Crippen molar-refractivity contribution >= 4 is 0 Å². The maximum Gasteiger partial charge on any atom is 0.0950 e. The van der Waals surface area contributed by atoms with E-state index in [4.69, 9.17) is 4.42 Å². The molecular formula is C13H24N2O. The molecule has 1 aromatic rings. The quantitative estimate of drug-likeness (QED) is 0.713. The molecule has 0 spiro atoms. The predicted octanol–water partition coefficient (Wildman–Crippen LogP) is 2.71.